The SMILES string of the molecule is Cc1ccc2c(CC(=O)OCC(=O)Nc3ccc(N4CCCC4)cc3)coc2c1. The smallest absolute Gasteiger partial charge is 0.310 e. The first-order valence-corrected chi connectivity index (χ1v) is 9.86. The highest BCUT2D eigenvalue weighted by Gasteiger charge is 2.14. The number of rotatable bonds is 6. The zero-order chi connectivity index (χ0) is 20.2. The maximum atomic E-state index is 12.1. The summed E-state index contributed by atoms with van der Waals surface area (Å²) in [7, 11) is 0. The Kier molecular flexibility index (Phi) is 5.51. The number of aryl methyl sites for hydroxylation is 1. The quantitative estimate of drug-likeness (QED) is 0.641. The van der Waals surface area contributed by atoms with Gasteiger partial charge in [0.15, 0.2) is 6.61 Å². The number of esters is 1. The molecule has 1 fully saturated rings. The lowest BCUT2D eigenvalue weighted by atomic mass is 10.1. The number of fused-ring (bicyclic) bond motifs is 1. The van der Waals surface area contributed by atoms with Crippen LogP contribution < -0.4 is 10.2 Å². The fourth-order valence-electron chi connectivity index (χ4n) is 3.61. The van der Waals surface area contributed by atoms with Crippen molar-refractivity contribution in [3.05, 3.63) is 59.9 Å². The average Bonchev–Trinajstić information content (AvgIpc) is 3.37. The minimum Gasteiger partial charge on any atom is -0.464 e. The largest absolute Gasteiger partial charge is 0.464 e. The molecule has 6 nitrogen and oxygen atoms in total. The monoisotopic (exact) mass is 392 g/mol. The van der Waals surface area contributed by atoms with Crippen molar-refractivity contribution in [1.82, 2.24) is 0 Å². The summed E-state index contributed by atoms with van der Waals surface area (Å²) in [5.74, 6) is -0.826. The highest BCUT2D eigenvalue weighted by Crippen LogP contribution is 2.23. The van der Waals surface area contributed by atoms with Crippen molar-refractivity contribution in [3.8, 4) is 0 Å². The van der Waals surface area contributed by atoms with Crippen LogP contribution in [0.1, 0.15) is 24.0 Å². The van der Waals surface area contributed by atoms with Gasteiger partial charge < -0.3 is 19.4 Å². The first kappa shape index (κ1) is 19.1. The number of carbonyl (C=O) groups is 2. The molecule has 1 amide bonds. The van der Waals surface area contributed by atoms with Crippen molar-refractivity contribution in [2.24, 2.45) is 0 Å². The fourth-order valence-corrected chi connectivity index (χ4v) is 3.61. The van der Waals surface area contributed by atoms with Gasteiger partial charge in [-0.2, -0.15) is 0 Å². The molecule has 150 valence electrons. The Morgan fingerprint density at radius 3 is 2.62 bits per heavy atom. The molecule has 2 aromatic carbocycles. The molecule has 0 spiro atoms. The molecule has 3 aromatic rings. The third kappa shape index (κ3) is 4.59. The Hall–Kier alpha value is -3.28. The zero-order valence-corrected chi connectivity index (χ0v) is 16.4. The van der Waals surface area contributed by atoms with Crippen LogP contribution in [0.25, 0.3) is 11.0 Å². The van der Waals surface area contributed by atoms with E-state index in [1.54, 1.807) is 6.26 Å². The molecule has 1 aliphatic heterocycles. The molecule has 1 saturated heterocycles. The number of anilines is 2. The normalized spacial score (nSPS) is 13.6. The molecule has 0 atom stereocenters. The number of benzene rings is 2. The topological polar surface area (TPSA) is 71.8 Å². The van der Waals surface area contributed by atoms with E-state index < -0.39 is 5.97 Å². The van der Waals surface area contributed by atoms with Gasteiger partial charge in [0, 0.05) is 35.4 Å². The molecule has 4 rings (SSSR count). The van der Waals surface area contributed by atoms with Crippen LogP contribution in [-0.2, 0) is 20.7 Å². The first-order valence-electron chi connectivity index (χ1n) is 9.86. The number of carbonyl (C=O) groups excluding carboxylic acids is 2. The van der Waals surface area contributed by atoms with Gasteiger partial charge in [-0.25, -0.2) is 0 Å². The molecule has 29 heavy (non-hydrogen) atoms. The van der Waals surface area contributed by atoms with Crippen LogP contribution >= 0.6 is 0 Å². The first-order chi connectivity index (χ1) is 14.1. The molecule has 0 radical (unpaired) electrons. The van der Waals surface area contributed by atoms with Crippen LogP contribution in [0.2, 0.25) is 0 Å². The molecule has 1 N–H and O–H groups in total. The van der Waals surface area contributed by atoms with E-state index in [2.05, 4.69) is 10.2 Å². The number of hydrogen-bond donors (Lipinski definition) is 1. The molecule has 0 unspecified atom stereocenters. The molecule has 6 heteroatoms. The van der Waals surface area contributed by atoms with Crippen LogP contribution in [-0.4, -0.2) is 31.6 Å². The highest BCUT2D eigenvalue weighted by molar-refractivity contribution is 5.93. The van der Waals surface area contributed by atoms with Crippen molar-refractivity contribution < 1.29 is 18.7 Å². The minimum absolute atomic E-state index is 0.0634. The lowest BCUT2D eigenvalue weighted by molar-refractivity contribution is -0.146. The van der Waals surface area contributed by atoms with E-state index in [1.807, 2.05) is 49.4 Å². The molecule has 1 aliphatic rings. The van der Waals surface area contributed by atoms with Gasteiger partial charge in [-0.1, -0.05) is 12.1 Å². The Bertz CT molecular complexity index is 1020. The van der Waals surface area contributed by atoms with Crippen LogP contribution in [0.15, 0.2) is 53.1 Å². The van der Waals surface area contributed by atoms with Crippen LogP contribution in [0.5, 0.6) is 0 Å². The summed E-state index contributed by atoms with van der Waals surface area (Å²) < 4.78 is 10.6. The second-order valence-corrected chi connectivity index (χ2v) is 7.39. The Morgan fingerprint density at radius 2 is 1.86 bits per heavy atom. The summed E-state index contributed by atoms with van der Waals surface area (Å²) in [6, 6.07) is 13.5. The van der Waals surface area contributed by atoms with Gasteiger partial charge >= 0.3 is 5.97 Å². The van der Waals surface area contributed by atoms with E-state index in [0.29, 0.717) is 5.69 Å². The molecule has 1 aromatic heterocycles. The van der Waals surface area contributed by atoms with E-state index in [0.717, 1.165) is 40.9 Å². The number of nitrogens with one attached hydrogen (secondary N) is 1. The van der Waals surface area contributed by atoms with Gasteiger partial charge in [0.05, 0.1) is 12.7 Å². The Balaban J connectivity index is 1.27. The highest BCUT2D eigenvalue weighted by atomic mass is 16.5. The summed E-state index contributed by atoms with van der Waals surface area (Å²) in [6.45, 7) is 3.82. The molecule has 2 heterocycles. The van der Waals surface area contributed by atoms with E-state index >= 15 is 0 Å². The van der Waals surface area contributed by atoms with E-state index in [4.69, 9.17) is 9.15 Å². The lowest BCUT2D eigenvalue weighted by Crippen LogP contribution is -2.22. The summed E-state index contributed by atoms with van der Waals surface area (Å²) in [5.41, 5.74) is 4.43. The zero-order valence-electron chi connectivity index (χ0n) is 16.4. The summed E-state index contributed by atoms with van der Waals surface area (Å²) >= 11 is 0. The number of nitrogens with zero attached hydrogens (tertiary/aromatic N) is 1. The van der Waals surface area contributed by atoms with Gasteiger partial charge in [-0.15, -0.1) is 0 Å². The van der Waals surface area contributed by atoms with Crippen molar-refractivity contribution in [2.45, 2.75) is 26.2 Å². The van der Waals surface area contributed by atoms with Gasteiger partial charge in [0.25, 0.3) is 5.91 Å². The lowest BCUT2D eigenvalue weighted by Gasteiger charge is -2.17. The number of amides is 1. The van der Waals surface area contributed by atoms with E-state index in [1.165, 1.54) is 12.8 Å². The van der Waals surface area contributed by atoms with E-state index in [-0.39, 0.29) is 18.9 Å². The predicted molar refractivity (Wildman–Crippen MR) is 112 cm³/mol. The summed E-state index contributed by atoms with van der Waals surface area (Å²) in [4.78, 5) is 26.5. The predicted octanol–water partition coefficient (Wildman–Crippen LogP) is 4.07. The van der Waals surface area contributed by atoms with Crippen molar-refractivity contribution >= 4 is 34.2 Å². The van der Waals surface area contributed by atoms with Gasteiger partial charge in [-0.05, 0) is 55.7 Å². The maximum absolute atomic E-state index is 12.1. The second-order valence-electron chi connectivity index (χ2n) is 7.39. The Labute approximate surface area is 169 Å². The second kappa shape index (κ2) is 8.39. The summed E-state index contributed by atoms with van der Waals surface area (Å²) in [5, 5.41) is 3.64. The molecule has 0 aliphatic carbocycles. The van der Waals surface area contributed by atoms with Gasteiger partial charge in [0.1, 0.15) is 5.58 Å². The van der Waals surface area contributed by atoms with Gasteiger partial charge in [-0.3, -0.25) is 9.59 Å². The fraction of sp³-hybridized carbons (Fsp3) is 0.304. The average molecular weight is 392 g/mol. The third-order valence-electron chi connectivity index (χ3n) is 5.13. The van der Waals surface area contributed by atoms with Crippen LogP contribution in [0.4, 0.5) is 11.4 Å². The third-order valence-corrected chi connectivity index (χ3v) is 5.13. The van der Waals surface area contributed by atoms with Crippen molar-refractivity contribution in [3.63, 3.8) is 0 Å². The maximum Gasteiger partial charge on any atom is 0.310 e. The molecule has 0 bridgehead atoms. The number of furan rings is 1. The molecule has 0 saturated carbocycles. The Morgan fingerprint density at radius 1 is 1.10 bits per heavy atom. The van der Waals surface area contributed by atoms with Crippen molar-refractivity contribution in [2.75, 3.05) is 29.9 Å². The molecular weight excluding hydrogens is 368 g/mol. The summed E-state index contributed by atoms with van der Waals surface area (Å²) in [6.07, 6.45) is 4.07. The van der Waals surface area contributed by atoms with Crippen LogP contribution in [0, 0.1) is 6.92 Å². The number of hydrogen-bond acceptors (Lipinski definition) is 5. The number of ether oxygens (including phenoxy) is 1. The van der Waals surface area contributed by atoms with Crippen molar-refractivity contribution in [1.29, 1.82) is 0 Å². The van der Waals surface area contributed by atoms with Gasteiger partial charge in [0.2, 0.25) is 0 Å². The molecular formula is C23H24N2O4. The minimum atomic E-state index is -0.465. The van der Waals surface area contributed by atoms with E-state index in [9.17, 15) is 9.59 Å². The standard InChI is InChI=1S/C23H24N2O4/c1-16-4-9-20-17(14-28-21(20)12-16)13-23(27)29-15-22(26)24-18-5-7-19(8-6-18)25-10-2-3-11-25/h4-9,12,14H,2-3,10-11,13,15H2,1H3,(H,24,26). The van der Waals surface area contributed by atoms with Crippen LogP contribution in [0.3, 0.4) is 0 Å².